The van der Waals surface area contributed by atoms with E-state index in [1.807, 2.05) is 0 Å². The van der Waals surface area contributed by atoms with Gasteiger partial charge in [-0.3, -0.25) is 4.79 Å². The minimum absolute atomic E-state index is 0.537. The number of halogens is 2. The van der Waals surface area contributed by atoms with E-state index < -0.39 is 24.5 Å². The molecule has 12 heavy (non-hydrogen) atoms. The van der Waals surface area contributed by atoms with Crippen LogP contribution in [0.3, 0.4) is 0 Å². The van der Waals surface area contributed by atoms with E-state index in [0.717, 1.165) is 0 Å². The van der Waals surface area contributed by atoms with Crippen LogP contribution in [0.2, 0.25) is 0 Å². The Kier molecular flexibility index (Phi) is 4.09. The highest BCUT2D eigenvalue weighted by Gasteiger charge is 2.26. The summed E-state index contributed by atoms with van der Waals surface area (Å²) in [6.45, 7) is 2.38. The highest BCUT2D eigenvalue weighted by molar-refractivity contribution is 5.84. The second-order valence-electron chi connectivity index (χ2n) is 2.82. The van der Waals surface area contributed by atoms with Gasteiger partial charge in [0.05, 0.1) is 6.54 Å². The zero-order chi connectivity index (χ0) is 9.78. The van der Waals surface area contributed by atoms with Crippen molar-refractivity contribution < 1.29 is 18.3 Å². The lowest BCUT2D eigenvalue weighted by molar-refractivity contribution is -0.140. The van der Waals surface area contributed by atoms with Gasteiger partial charge in [0.2, 0.25) is 0 Å². The average Bonchev–Trinajstić information content (AvgIpc) is 2.00. The predicted molar refractivity (Wildman–Crippen MR) is 40.1 cm³/mol. The fraction of sp³-hybridized carbons (Fsp3) is 0.857. The van der Waals surface area contributed by atoms with Gasteiger partial charge in [-0.25, -0.2) is 8.78 Å². The lowest BCUT2D eigenvalue weighted by Crippen LogP contribution is -2.45. The summed E-state index contributed by atoms with van der Waals surface area (Å²) in [5.41, 5.74) is -1.05. The molecule has 0 atom stereocenters. The van der Waals surface area contributed by atoms with E-state index in [-0.39, 0.29) is 0 Å². The number of carbonyl (C=O) groups is 1. The Hall–Kier alpha value is -0.710. The number of nitrogens with one attached hydrogen (secondary N) is 1. The van der Waals surface area contributed by atoms with E-state index >= 15 is 0 Å². The normalized spacial score (nSPS) is 11.8. The average molecular weight is 181 g/mol. The molecule has 0 aromatic heterocycles. The number of hydrogen-bond acceptors (Lipinski definition) is 2. The molecule has 0 aromatic carbocycles. The summed E-state index contributed by atoms with van der Waals surface area (Å²) in [7, 11) is 1.35. The van der Waals surface area contributed by atoms with E-state index in [1.54, 1.807) is 0 Å². The molecule has 3 nitrogen and oxygen atoms in total. The molecule has 0 rings (SSSR count). The maximum absolute atomic E-state index is 11.6. The Labute approximate surface area is 70.1 Å². The van der Waals surface area contributed by atoms with Crippen molar-refractivity contribution in [3.63, 3.8) is 0 Å². The molecule has 0 aliphatic rings. The molecule has 0 saturated heterocycles. The Bertz CT molecular complexity index is 159. The Morgan fingerprint density at radius 2 is 2.08 bits per heavy atom. The van der Waals surface area contributed by atoms with Crippen LogP contribution < -0.4 is 5.32 Å². The first-order valence-corrected chi connectivity index (χ1v) is 3.51. The minimum Gasteiger partial charge on any atom is -0.369 e. The summed E-state index contributed by atoms with van der Waals surface area (Å²) >= 11 is 0. The van der Waals surface area contributed by atoms with Crippen LogP contribution in [0.4, 0.5) is 8.78 Å². The molecule has 1 amide bonds. The van der Waals surface area contributed by atoms with E-state index in [1.165, 1.54) is 21.0 Å². The topological polar surface area (TPSA) is 38.3 Å². The second kappa shape index (κ2) is 4.35. The molecule has 0 spiro atoms. The predicted octanol–water partition coefficient (Wildman–Crippen LogP) is 0.793. The van der Waals surface area contributed by atoms with Crippen molar-refractivity contribution in [3.05, 3.63) is 0 Å². The quantitative estimate of drug-likeness (QED) is 0.696. The molecular formula is C7H13F2NO2. The molecule has 5 heteroatoms. The molecule has 0 aliphatic heterocycles. The number of ether oxygens (including phenoxy) is 1. The zero-order valence-electron chi connectivity index (χ0n) is 7.36. The standard InChI is InChI=1S/C7H13F2NO2/c1-7(2,12-3)6(11)10-4-5(8)9/h5H,4H2,1-3H3,(H,10,11). The number of amides is 1. The molecule has 72 valence electrons. The summed E-state index contributed by atoms with van der Waals surface area (Å²) in [5, 5.41) is 2.06. The molecule has 0 unspecified atom stereocenters. The summed E-state index contributed by atoms with van der Waals surface area (Å²) in [4.78, 5) is 11.0. The van der Waals surface area contributed by atoms with Crippen molar-refractivity contribution in [1.29, 1.82) is 0 Å². The van der Waals surface area contributed by atoms with Gasteiger partial charge in [0.25, 0.3) is 12.3 Å². The van der Waals surface area contributed by atoms with Gasteiger partial charge >= 0.3 is 0 Å². The van der Waals surface area contributed by atoms with E-state index in [2.05, 4.69) is 5.32 Å². The van der Waals surface area contributed by atoms with Gasteiger partial charge < -0.3 is 10.1 Å². The summed E-state index contributed by atoms with van der Waals surface area (Å²) < 4.78 is 28.0. The summed E-state index contributed by atoms with van der Waals surface area (Å²) in [6, 6.07) is 0. The van der Waals surface area contributed by atoms with Crippen molar-refractivity contribution in [1.82, 2.24) is 5.32 Å². The fourth-order valence-electron chi connectivity index (χ4n) is 0.475. The van der Waals surface area contributed by atoms with Gasteiger partial charge in [0, 0.05) is 7.11 Å². The van der Waals surface area contributed by atoms with Gasteiger partial charge in [-0.15, -0.1) is 0 Å². The Morgan fingerprint density at radius 3 is 2.42 bits per heavy atom. The van der Waals surface area contributed by atoms with Crippen molar-refractivity contribution in [2.75, 3.05) is 13.7 Å². The van der Waals surface area contributed by atoms with Crippen LogP contribution in [0.1, 0.15) is 13.8 Å². The fourth-order valence-corrected chi connectivity index (χ4v) is 0.475. The first-order valence-electron chi connectivity index (χ1n) is 3.51. The van der Waals surface area contributed by atoms with Gasteiger partial charge in [0.15, 0.2) is 0 Å². The number of alkyl halides is 2. The zero-order valence-corrected chi connectivity index (χ0v) is 7.36. The summed E-state index contributed by atoms with van der Waals surface area (Å²) in [5.74, 6) is -0.537. The molecule has 0 aliphatic carbocycles. The summed E-state index contributed by atoms with van der Waals surface area (Å²) in [6.07, 6.45) is -2.53. The van der Waals surface area contributed by atoms with Crippen molar-refractivity contribution >= 4 is 5.91 Å². The molecule has 0 radical (unpaired) electrons. The van der Waals surface area contributed by atoms with Crippen LogP contribution >= 0.6 is 0 Å². The lowest BCUT2D eigenvalue weighted by atomic mass is 10.1. The number of rotatable bonds is 4. The van der Waals surface area contributed by atoms with Crippen LogP contribution in [-0.4, -0.2) is 31.6 Å². The van der Waals surface area contributed by atoms with Crippen LogP contribution in [0.15, 0.2) is 0 Å². The SMILES string of the molecule is COC(C)(C)C(=O)NCC(F)F. The number of hydrogen-bond donors (Lipinski definition) is 1. The Balaban J connectivity index is 3.88. The third kappa shape index (κ3) is 3.61. The largest absolute Gasteiger partial charge is 0.369 e. The smallest absolute Gasteiger partial charge is 0.255 e. The van der Waals surface area contributed by atoms with Gasteiger partial charge in [-0.05, 0) is 13.8 Å². The third-order valence-electron chi connectivity index (χ3n) is 1.47. The van der Waals surface area contributed by atoms with Crippen LogP contribution in [0.5, 0.6) is 0 Å². The molecule has 0 aromatic rings. The molecule has 0 saturated carbocycles. The van der Waals surface area contributed by atoms with Gasteiger partial charge in [-0.1, -0.05) is 0 Å². The van der Waals surface area contributed by atoms with Gasteiger partial charge in [0.1, 0.15) is 5.60 Å². The second-order valence-corrected chi connectivity index (χ2v) is 2.82. The molecule has 1 N–H and O–H groups in total. The monoisotopic (exact) mass is 181 g/mol. The van der Waals surface area contributed by atoms with Crippen molar-refractivity contribution in [2.45, 2.75) is 25.9 Å². The first-order chi connectivity index (χ1) is 5.40. The van der Waals surface area contributed by atoms with Gasteiger partial charge in [-0.2, -0.15) is 0 Å². The highest BCUT2D eigenvalue weighted by atomic mass is 19.3. The van der Waals surface area contributed by atoms with Crippen LogP contribution in [-0.2, 0) is 9.53 Å². The number of methoxy groups -OCH3 is 1. The first kappa shape index (κ1) is 11.3. The molecule has 0 bridgehead atoms. The third-order valence-corrected chi connectivity index (χ3v) is 1.47. The van der Waals surface area contributed by atoms with E-state index in [4.69, 9.17) is 4.74 Å². The maximum atomic E-state index is 11.6. The highest BCUT2D eigenvalue weighted by Crippen LogP contribution is 2.06. The van der Waals surface area contributed by atoms with Crippen LogP contribution in [0.25, 0.3) is 0 Å². The lowest BCUT2D eigenvalue weighted by Gasteiger charge is -2.21. The molecule has 0 fully saturated rings. The maximum Gasteiger partial charge on any atom is 0.255 e. The van der Waals surface area contributed by atoms with E-state index in [9.17, 15) is 13.6 Å². The van der Waals surface area contributed by atoms with Crippen molar-refractivity contribution in [3.8, 4) is 0 Å². The Morgan fingerprint density at radius 1 is 1.58 bits per heavy atom. The minimum atomic E-state index is -2.53. The van der Waals surface area contributed by atoms with E-state index in [0.29, 0.717) is 0 Å². The molecule has 0 heterocycles. The van der Waals surface area contributed by atoms with Crippen LogP contribution in [0, 0.1) is 0 Å². The number of carbonyl (C=O) groups excluding carboxylic acids is 1. The molecular weight excluding hydrogens is 168 g/mol. The van der Waals surface area contributed by atoms with Crippen molar-refractivity contribution in [2.24, 2.45) is 0 Å².